The molecular formula is C14H19FN4O2. The minimum atomic E-state index is -0.619. The Kier molecular flexibility index (Phi) is 4.30. The van der Waals surface area contributed by atoms with E-state index in [0.717, 1.165) is 6.07 Å². The maximum absolute atomic E-state index is 13.8. The van der Waals surface area contributed by atoms with E-state index >= 15 is 0 Å². The zero-order valence-corrected chi connectivity index (χ0v) is 12.2. The van der Waals surface area contributed by atoms with Crippen LogP contribution in [-0.2, 0) is 0 Å². The summed E-state index contributed by atoms with van der Waals surface area (Å²) in [7, 11) is 3.37. The first-order valence-electron chi connectivity index (χ1n) is 6.70. The summed E-state index contributed by atoms with van der Waals surface area (Å²) in [5.74, 6) is -0.990. The number of halogens is 1. The standard InChI is InChI=1S/C14H19FN4O2/c1-17(2)14(21)19-7-5-18(6-8-19)13(20)11-4-3-10(16)9-12(11)15/h3-4,9H,5-8,16H2,1-2H3. The van der Waals surface area contributed by atoms with Gasteiger partial charge in [0.05, 0.1) is 5.56 Å². The molecule has 0 aromatic heterocycles. The highest BCUT2D eigenvalue weighted by Crippen LogP contribution is 2.15. The number of rotatable bonds is 1. The first-order valence-corrected chi connectivity index (χ1v) is 6.70. The molecule has 0 radical (unpaired) electrons. The van der Waals surface area contributed by atoms with E-state index in [1.807, 2.05) is 0 Å². The lowest BCUT2D eigenvalue weighted by atomic mass is 10.1. The van der Waals surface area contributed by atoms with Crippen LogP contribution in [0.4, 0.5) is 14.9 Å². The molecule has 114 valence electrons. The van der Waals surface area contributed by atoms with E-state index in [0.29, 0.717) is 26.2 Å². The highest BCUT2D eigenvalue weighted by atomic mass is 19.1. The molecule has 21 heavy (non-hydrogen) atoms. The fourth-order valence-corrected chi connectivity index (χ4v) is 2.26. The van der Waals surface area contributed by atoms with E-state index in [1.54, 1.807) is 23.9 Å². The Bertz CT molecular complexity index is 554. The molecule has 1 aliphatic heterocycles. The second-order valence-corrected chi connectivity index (χ2v) is 5.20. The number of urea groups is 1. The molecule has 2 rings (SSSR count). The first-order chi connectivity index (χ1) is 9.90. The Labute approximate surface area is 122 Å². The minimum absolute atomic E-state index is 0.0107. The Morgan fingerprint density at radius 1 is 1.14 bits per heavy atom. The van der Waals surface area contributed by atoms with Crippen LogP contribution in [0.2, 0.25) is 0 Å². The lowest BCUT2D eigenvalue weighted by molar-refractivity contribution is 0.0646. The third-order valence-electron chi connectivity index (χ3n) is 3.44. The fraction of sp³-hybridized carbons (Fsp3) is 0.429. The van der Waals surface area contributed by atoms with Crippen molar-refractivity contribution in [3.63, 3.8) is 0 Å². The molecule has 1 saturated heterocycles. The van der Waals surface area contributed by atoms with Gasteiger partial charge in [0.2, 0.25) is 0 Å². The largest absolute Gasteiger partial charge is 0.399 e. The van der Waals surface area contributed by atoms with Crippen LogP contribution in [0.5, 0.6) is 0 Å². The Morgan fingerprint density at radius 2 is 1.71 bits per heavy atom. The van der Waals surface area contributed by atoms with Crippen molar-refractivity contribution < 1.29 is 14.0 Å². The number of hydrogen-bond donors (Lipinski definition) is 1. The van der Waals surface area contributed by atoms with Crippen molar-refractivity contribution in [2.75, 3.05) is 46.0 Å². The molecule has 1 aromatic rings. The summed E-state index contributed by atoms with van der Waals surface area (Å²) in [6, 6.07) is 3.95. The van der Waals surface area contributed by atoms with E-state index < -0.39 is 5.82 Å². The molecule has 1 fully saturated rings. The second kappa shape index (κ2) is 5.99. The highest BCUT2D eigenvalue weighted by molar-refractivity contribution is 5.95. The smallest absolute Gasteiger partial charge is 0.319 e. The van der Waals surface area contributed by atoms with Crippen molar-refractivity contribution in [2.45, 2.75) is 0 Å². The van der Waals surface area contributed by atoms with Crippen LogP contribution in [0.15, 0.2) is 18.2 Å². The minimum Gasteiger partial charge on any atom is -0.399 e. The number of carbonyl (C=O) groups is 2. The topological polar surface area (TPSA) is 69.9 Å². The number of piperazine rings is 1. The number of anilines is 1. The summed E-state index contributed by atoms with van der Waals surface area (Å²) in [5, 5.41) is 0. The summed E-state index contributed by atoms with van der Waals surface area (Å²) >= 11 is 0. The van der Waals surface area contributed by atoms with E-state index in [-0.39, 0.29) is 23.2 Å². The zero-order valence-electron chi connectivity index (χ0n) is 12.2. The summed E-state index contributed by atoms with van der Waals surface area (Å²) in [4.78, 5) is 28.8. The van der Waals surface area contributed by atoms with Crippen LogP contribution >= 0.6 is 0 Å². The van der Waals surface area contributed by atoms with Crippen molar-refractivity contribution >= 4 is 17.6 Å². The molecule has 7 heteroatoms. The molecule has 2 N–H and O–H groups in total. The maximum atomic E-state index is 13.8. The van der Waals surface area contributed by atoms with Gasteiger partial charge in [-0.2, -0.15) is 0 Å². The predicted octanol–water partition coefficient (Wildman–Crippen LogP) is 0.847. The Balaban J connectivity index is 2.02. The van der Waals surface area contributed by atoms with Crippen LogP contribution in [-0.4, -0.2) is 66.9 Å². The molecule has 1 heterocycles. The number of hydrogen-bond acceptors (Lipinski definition) is 3. The van der Waals surface area contributed by atoms with E-state index in [9.17, 15) is 14.0 Å². The van der Waals surface area contributed by atoms with Crippen molar-refractivity contribution in [2.24, 2.45) is 0 Å². The fourth-order valence-electron chi connectivity index (χ4n) is 2.26. The molecule has 0 saturated carbocycles. The first kappa shape index (κ1) is 15.1. The summed E-state index contributed by atoms with van der Waals surface area (Å²) in [6.45, 7) is 1.67. The van der Waals surface area contributed by atoms with Gasteiger partial charge < -0.3 is 20.4 Å². The van der Waals surface area contributed by atoms with Crippen molar-refractivity contribution in [1.82, 2.24) is 14.7 Å². The molecule has 0 spiro atoms. The van der Waals surface area contributed by atoms with Gasteiger partial charge in [-0.25, -0.2) is 9.18 Å². The number of nitrogen functional groups attached to an aromatic ring is 1. The van der Waals surface area contributed by atoms with E-state index in [4.69, 9.17) is 5.73 Å². The second-order valence-electron chi connectivity index (χ2n) is 5.20. The lowest BCUT2D eigenvalue weighted by Crippen LogP contribution is -2.53. The maximum Gasteiger partial charge on any atom is 0.319 e. The molecule has 0 atom stereocenters. The molecule has 0 bridgehead atoms. The molecule has 6 nitrogen and oxygen atoms in total. The monoisotopic (exact) mass is 294 g/mol. The van der Waals surface area contributed by atoms with E-state index in [1.165, 1.54) is 17.0 Å². The van der Waals surface area contributed by atoms with Crippen molar-refractivity contribution in [3.05, 3.63) is 29.6 Å². The number of nitrogens with two attached hydrogens (primary N) is 1. The molecule has 3 amide bonds. The zero-order chi connectivity index (χ0) is 15.6. The highest BCUT2D eigenvalue weighted by Gasteiger charge is 2.26. The average Bonchev–Trinajstić information content (AvgIpc) is 2.46. The van der Waals surface area contributed by atoms with E-state index in [2.05, 4.69) is 0 Å². The molecule has 0 aliphatic carbocycles. The summed E-state index contributed by atoms with van der Waals surface area (Å²) < 4.78 is 13.8. The van der Waals surface area contributed by atoms with Crippen LogP contribution in [0.1, 0.15) is 10.4 Å². The van der Waals surface area contributed by atoms with Gasteiger partial charge in [-0.15, -0.1) is 0 Å². The molecular weight excluding hydrogens is 275 g/mol. The van der Waals surface area contributed by atoms with Crippen LogP contribution in [0, 0.1) is 5.82 Å². The number of carbonyl (C=O) groups excluding carboxylic acids is 2. The van der Waals surface area contributed by atoms with Gasteiger partial charge in [-0.3, -0.25) is 4.79 Å². The predicted molar refractivity (Wildman–Crippen MR) is 77.4 cm³/mol. The lowest BCUT2D eigenvalue weighted by Gasteiger charge is -2.36. The average molecular weight is 294 g/mol. The van der Waals surface area contributed by atoms with Gasteiger partial charge in [0.1, 0.15) is 5.82 Å². The summed E-state index contributed by atoms with van der Waals surface area (Å²) in [5.41, 5.74) is 5.77. The van der Waals surface area contributed by atoms with Gasteiger partial charge in [-0.05, 0) is 18.2 Å². The van der Waals surface area contributed by atoms with Crippen molar-refractivity contribution in [1.29, 1.82) is 0 Å². The van der Waals surface area contributed by atoms with Gasteiger partial charge >= 0.3 is 6.03 Å². The normalized spacial score (nSPS) is 15.0. The van der Waals surface area contributed by atoms with Crippen LogP contribution in [0.3, 0.4) is 0 Å². The third kappa shape index (κ3) is 3.24. The number of nitrogens with zero attached hydrogens (tertiary/aromatic N) is 3. The number of amides is 3. The van der Waals surface area contributed by atoms with Gasteiger partial charge in [0.15, 0.2) is 0 Å². The van der Waals surface area contributed by atoms with Gasteiger partial charge in [0.25, 0.3) is 5.91 Å². The molecule has 1 aromatic carbocycles. The number of benzene rings is 1. The van der Waals surface area contributed by atoms with Gasteiger partial charge in [0, 0.05) is 46.0 Å². The SMILES string of the molecule is CN(C)C(=O)N1CCN(C(=O)c2ccc(N)cc2F)CC1. The van der Waals surface area contributed by atoms with Gasteiger partial charge in [-0.1, -0.05) is 0 Å². The van der Waals surface area contributed by atoms with Crippen LogP contribution < -0.4 is 5.73 Å². The molecule has 1 aliphatic rings. The van der Waals surface area contributed by atoms with Crippen LogP contribution in [0.25, 0.3) is 0 Å². The molecule has 0 unspecified atom stereocenters. The Morgan fingerprint density at radius 3 is 2.24 bits per heavy atom. The Hall–Kier alpha value is -2.31. The summed E-state index contributed by atoms with van der Waals surface area (Å²) in [6.07, 6.45) is 0. The third-order valence-corrected chi connectivity index (χ3v) is 3.44. The quantitative estimate of drug-likeness (QED) is 0.781. The van der Waals surface area contributed by atoms with Crippen molar-refractivity contribution in [3.8, 4) is 0 Å².